The van der Waals surface area contributed by atoms with E-state index < -0.39 is 11.0 Å². The zero-order valence-corrected chi connectivity index (χ0v) is 15.5. The van der Waals surface area contributed by atoms with Gasteiger partial charge >= 0.3 is 0 Å². The second-order valence-corrected chi connectivity index (χ2v) is 7.19. The highest BCUT2D eigenvalue weighted by molar-refractivity contribution is 7.21. The first kappa shape index (κ1) is 18.0. The second-order valence-electron chi connectivity index (χ2n) is 6.16. The number of nitrogens with one attached hydrogen (secondary N) is 1. The third-order valence-electron chi connectivity index (χ3n) is 4.34. The van der Waals surface area contributed by atoms with Crippen molar-refractivity contribution < 1.29 is 10.0 Å². The molecule has 0 aliphatic rings. The van der Waals surface area contributed by atoms with Crippen molar-refractivity contribution in [3.63, 3.8) is 0 Å². The average molecular weight is 392 g/mol. The fourth-order valence-electron chi connectivity index (χ4n) is 2.87. The van der Waals surface area contributed by atoms with Crippen molar-refractivity contribution in [3.05, 3.63) is 82.7 Å². The normalized spacial score (nSPS) is 12.0. The third kappa shape index (κ3) is 3.68. The van der Waals surface area contributed by atoms with Crippen molar-refractivity contribution in [2.75, 3.05) is 11.9 Å². The fourth-order valence-corrected chi connectivity index (χ4v) is 3.87. The van der Waals surface area contributed by atoms with Crippen molar-refractivity contribution in [1.82, 2.24) is 9.97 Å². The van der Waals surface area contributed by atoms with Crippen molar-refractivity contribution in [2.45, 2.75) is 6.10 Å². The lowest BCUT2D eigenvalue weighted by Crippen LogP contribution is -2.13. The Morgan fingerprint density at radius 2 is 1.86 bits per heavy atom. The summed E-state index contributed by atoms with van der Waals surface area (Å²) in [6.07, 6.45) is 0.673. The second kappa shape index (κ2) is 7.71. The molecule has 0 radical (unpaired) electrons. The van der Waals surface area contributed by atoms with Crippen molar-refractivity contribution in [2.24, 2.45) is 0 Å². The molecule has 4 aromatic rings. The number of fused-ring (bicyclic) bond motifs is 1. The molecule has 2 N–H and O–H groups in total. The predicted octanol–water partition coefficient (Wildman–Crippen LogP) is 4.41. The molecular formula is C20H16N4O3S. The number of nitrogens with zero attached hydrogens (tertiary/aromatic N) is 3. The summed E-state index contributed by atoms with van der Waals surface area (Å²) in [5.41, 5.74) is 1.70. The minimum absolute atomic E-state index is 0.00636. The molecule has 140 valence electrons. The molecule has 0 aliphatic heterocycles. The predicted molar refractivity (Wildman–Crippen MR) is 109 cm³/mol. The van der Waals surface area contributed by atoms with E-state index in [1.807, 2.05) is 36.4 Å². The van der Waals surface area contributed by atoms with Crippen LogP contribution in [0.5, 0.6) is 0 Å². The minimum atomic E-state index is -0.821. The number of anilines is 1. The van der Waals surface area contributed by atoms with Crippen LogP contribution in [0.4, 0.5) is 11.5 Å². The van der Waals surface area contributed by atoms with Gasteiger partial charge in [-0.25, -0.2) is 9.97 Å². The number of aliphatic hydroxyl groups excluding tert-OH is 1. The maximum Gasteiger partial charge on any atom is 0.269 e. The number of nitro groups is 1. The van der Waals surface area contributed by atoms with Gasteiger partial charge < -0.3 is 10.4 Å². The molecule has 2 aromatic heterocycles. The molecule has 0 amide bonds. The highest BCUT2D eigenvalue weighted by atomic mass is 32.1. The van der Waals surface area contributed by atoms with Gasteiger partial charge in [0.05, 0.1) is 16.4 Å². The van der Waals surface area contributed by atoms with Crippen LogP contribution in [-0.2, 0) is 0 Å². The lowest BCUT2D eigenvalue weighted by atomic mass is 10.1. The number of benzene rings is 2. The van der Waals surface area contributed by atoms with Gasteiger partial charge in [-0.15, -0.1) is 11.3 Å². The Bertz CT molecular complexity index is 1110. The Kier molecular flexibility index (Phi) is 4.96. The molecule has 28 heavy (non-hydrogen) atoms. The Morgan fingerprint density at radius 3 is 2.57 bits per heavy atom. The maximum atomic E-state index is 10.7. The van der Waals surface area contributed by atoms with Crippen molar-refractivity contribution in [3.8, 4) is 10.4 Å². The van der Waals surface area contributed by atoms with Gasteiger partial charge in [0.15, 0.2) is 0 Å². The standard InChI is InChI=1S/C20H16N4O3S/c25-17(13-6-8-15(9-7-13)24(26)27)11-21-19-16-10-18(14-4-2-1-3-5-14)28-20(16)23-12-22-19/h1-10,12,17,25H,11H2,(H,21,22,23)/t17-/m0/s1. The van der Waals surface area contributed by atoms with Crippen molar-refractivity contribution in [1.29, 1.82) is 0 Å². The number of hydrogen-bond donors (Lipinski definition) is 2. The summed E-state index contributed by atoms with van der Waals surface area (Å²) in [7, 11) is 0. The van der Waals surface area contributed by atoms with E-state index in [-0.39, 0.29) is 12.2 Å². The summed E-state index contributed by atoms with van der Waals surface area (Å²) in [6, 6.07) is 18.0. The quantitative estimate of drug-likeness (QED) is 0.372. The molecule has 0 aliphatic carbocycles. The number of rotatable bonds is 6. The summed E-state index contributed by atoms with van der Waals surface area (Å²) < 4.78 is 0. The molecule has 0 unspecified atom stereocenters. The van der Waals surface area contributed by atoms with Gasteiger partial charge in [-0.3, -0.25) is 10.1 Å². The van der Waals surface area contributed by atoms with Crippen LogP contribution in [0, 0.1) is 10.1 Å². The van der Waals surface area contributed by atoms with E-state index in [1.165, 1.54) is 18.5 Å². The van der Waals surface area contributed by atoms with E-state index in [1.54, 1.807) is 23.5 Å². The highest BCUT2D eigenvalue weighted by Gasteiger charge is 2.13. The zero-order valence-electron chi connectivity index (χ0n) is 14.6. The first-order chi connectivity index (χ1) is 13.6. The molecule has 1 atom stereocenters. The molecule has 0 fully saturated rings. The van der Waals surface area contributed by atoms with Gasteiger partial charge in [0, 0.05) is 23.6 Å². The SMILES string of the molecule is O=[N+]([O-])c1ccc([C@@H](O)CNc2ncnc3sc(-c4ccccc4)cc23)cc1. The van der Waals surface area contributed by atoms with Crippen LogP contribution >= 0.6 is 11.3 Å². The topological polar surface area (TPSA) is 101 Å². The van der Waals surface area contributed by atoms with Gasteiger partial charge in [0.1, 0.15) is 17.0 Å². The molecule has 0 saturated heterocycles. The largest absolute Gasteiger partial charge is 0.387 e. The number of nitro benzene ring substituents is 1. The van der Waals surface area contributed by atoms with E-state index in [0.29, 0.717) is 11.4 Å². The molecule has 0 spiro atoms. The molecule has 0 saturated carbocycles. The maximum absolute atomic E-state index is 10.7. The van der Waals surface area contributed by atoms with Crippen LogP contribution in [0.25, 0.3) is 20.7 Å². The van der Waals surface area contributed by atoms with Crippen LogP contribution < -0.4 is 5.32 Å². The smallest absolute Gasteiger partial charge is 0.269 e. The summed E-state index contributed by atoms with van der Waals surface area (Å²) >= 11 is 1.58. The number of thiophene rings is 1. The van der Waals surface area contributed by atoms with E-state index in [2.05, 4.69) is 15.3 Å². The van der Waals surface area contributed by atoms with Crippen LogP contribution in [-0.4, -0.2) is 26.5 Å². The molecule has 8 heteroatoms. The molecular weight excluding hydrogens is 376 g/mol. The molecule has 4 rings (SSSR count). The molecule has 2 heterocycles. The number of hydrogen-bond acceptors (Lipinski definition) is 7. The average Bonchev–Trinajstić information content (AvgIpc) is 3.17. The summed E-state index contributed by atoms with van der Waals surface area (Å²) in [5, 5.41) is 25.2. The number of aliphatic hydroxyl groups is 1. The van der Waals surface area contributed by atoms with Gasteiger partial charge in [-0.2, -0.15) is 0 Å². The van der Waals surface area contributed by atoms with E-state index in [9.17, 15) is 15.2 Å². The zero-order chi connectivity index (χ0) is 19.5. The molecule has 7 nitrogen and oxygen atoms in total. The van der Waals surface area contributed by atoms with Crippen molar-refractivity contribution >= 4 is 33.1 Å². The van der Waals surface area contributed by atoms with Crippen LogP contribution in [0.3, 0.4) is 0 Å². The van der Waals surface area contributed by atoms with Crippen LogP contribution in [0.1, 0.15) is 11.7 Å². The van der Waals surface area contributed by atoms with Gasteiger partial charge in [-0.05, 0) is 29.3 Å². The Balaban J connectivity index is 1.53. The fraction of sp³-hybridized carbons (Fsp3) is 0.100. The monoisotopic (exact) mass is 392 g/mol. The third-order valence-corrected chi connectivity index (χ3v) is 5.43. The lowest BCUT2D eigenvalue weighted by Gasteiger charge is -2.13. The van der Waals surface area contributed by atoms with Gasteiger partial charge in [-0.1, -0.05) is 30.3 Å². The Labute approximate surface area is 164 Å². The summed E-state index contributed by atoms with van der Waals surface area (Å²) in [4.78, 5) is 20.9. The molecule has 0 bridgehead atoms. The summed E-state index contributed by atoms with van der Waals surface area (Å²) in [6.45, 7) is 0.223. The van der Waals surface area contributed by atoms with E-state index >= 15 is 0 Å². The van der Waals surface area contributed by atoms with Crippen LogP contribution in [0.2, 0.25) is 0 Å². The minimum Gasteiger partial charge on any atom is -0.387 e. The number of aromatic nitrogens is 2. The Morgan fingerprint density at radius 1 is 1.11 bits per heavy atom. The van der Waals surface area contributed by atoms with Gasteiger partial charge in [0.2, 0.25) is 0 Å². The van der Waals surface area contributed by atoms with Crippen LogP contribution in [0.15, 0.2) is 67.0 Å². The lowest BCUT2D eigenvalue weighted by molar-refractivity contribution is -0.384. The van der Waals surface area contributed by atoms with E-state index in [0.717, 1.165) is 20.7 Å². The summed E-state index contributed by atoms with van der Waals surface area (Å²) in [5.74, 6) is 0.643. The number of non-ortho nitro benzene ring substituents is 1. The first-order valence-corrected chi connectivity index (χ1v) is 9.40. The van der Waals surface area contributed by atoms with E-state index in [4.69, 9.17) is 0 Å². The first-order valence-electron chi connectivity index (χ1n) is 8.58. The highest BCUT2D eigenvalue weighted by Crippen LogP contribution is 2.35. The molecule has 2 aromatic carbocycles. The van der Waals surface area contributed by atoms with Gasteiger partial charge in [0.25, 0.3) is 5.69 Å². The Hall–Kier alpha value is -3.36.